The smallest absolute Gasteiger partial charge is 0.255 e. The van der Waals surface area contributed by atoms with E-state index in [2.05, 4.69) is 10.5 Å². The molecule has 7 heteroatoms. The van der Waals surface area contributed by atoms with Gasteiger partial charge in [0.2, 0.25) is 0 Å². The predicted molar refractivity (Wildman–Crippen MR) is 79.1 cm³/mol. The van der Waals surface area contributed by atoms with E-state index in [1.54, 1.807) is 18.2 Å². The largest absolute Gasteiger partial charge is 0.497 e. The second-order valence-electron chi connectivity index (χ2n) is 4.44. The molecule has 0 aliphatic carbocycles. The van der Waals surface area contributed by atoms with Crippen LogP contribution in [0.3, 0.4) is 0 Å². The number of benzene rings is 1. The number of nitrogens with zero attached hydrogens (tertiary/aromatic N) is 1. The monoisotopic (exact) mass is 295 g/mol. The van der Waals surface area contributed by atoms with E-state index in [-0.39, 0.29) is 24.2 Å². The van der Waals surface area contributed by atoms with Crippen molar-refractivity contribution in [1.82, 2.24) is 5.32 Å². The molecule has 0 spiro atoms. The molecular formula is C14H21N3O4. The molecule has 7 nitrogen and oxygen atoms in total. The van der Waals surface area contributed by atoms with E-state index in [1.807, 2.05) is 6.92 Å². The molecule has 21 heavy (non-hydrogen) atoms. The third-order valence-corrected chi connectivity index (χ3v) is 3.06. The van der Waals surface area contributed by atoms with Gasteiger partial charge in [-0.15, -0.1) is 0 Å². The fourth-order valence-electron chi connectivity index (χ4n) is 1.85. The topological polar surface area (TPSA) is 106 Å². The van der Waals surface area contributed by atoms with E-state index >= 15 is 0 Å². The first-order valence-electron chi connectivity index (χ1n) is 6.55. The zero-order valence-corrected chi connectivity index (χ0v) is 12.4. The molecule has 1 atom stereocenters. The fourth-order valence-corrected chi connectivity index (χ4v) is 1.85. The Morgan fingerprint density at radius 3 is 2.67 bits per heavy atom. The Kier molecular flexibility index (Phi) is 6.32. The molecule has 1 rings (SSSR count). The Balaban J connectivity index is 2.91. The molecule has 1 unspecified atom stereocenters. The molecule has 0 bridgehead atoms. The summed E-state index contributed by atoms with van der Waals surface area (Å²) in [5.41, 5.74) is 5.84. The zero-order valence-electron chi connectivity index (χ0n) is 12.4. The highest BCUT2D eigenvalue weighted by molar-refractivity contribution is 5.97. The molecule has 1 aromatic rings. The second-order valence-corrected chi connectivity index (χ2v) is 4.44. The minimum absolute atomic E-state index is 0.0692. The Hall–Kier alpha value is -2.44. The van der Waals surface area contributed by atoms with Crippen molar-refractivity contribution in [3.05, 3.63) is 23.8 Å². The number of amides is 1. The Labute approximate surface area is 123 Å². The number of nitrogens with one attached hydrogen (secondary N) is 1. The minimum atomic E-state index is -0.302. The van der Waals surface area contributed by atoms with Gasteiger partial charge in [-0.1, -0.05) is 12.1 Å². The standard InChI is InChI=1S/C14H21N3O4/c1-4-9(7-13(15)17-19)16-14(18)11-8-10(20-2)5-6-12(11)21-3/h5-6,8-9,19H,4,7H2,1-3H3,(H2,15,17)(H,16,18). The molecule has 116 valence electrons. The third-order valence-electron chi connectivity index (χ3n) is 3.06. The van der Waals surface area contributed by atoms with Gasteiger partial charge in [0.1, 0.15) is 17.3 Å². The highest BCUT2D eigenvalue weighted by atomic mass is 16.5. The molecule has 4 N–H and O–H groups in total. The second kappa shape index (κ2) is 7.98. The number of oxime groups is 1. The molecule has 0 aromatic heterocycles. The number of hydrogen-bond acceptors (Lipinski definition) is 5. The van der Waals surface area contributed by atoms with E-state index in [1.165, 1.54) is 14.2 Å². The summed E-state index contributed by atoms with van der Waals surface area (Å²) in [6.45, 7) is 1.90. The van der Waals surface area contributed by atoms with Crippen LogP contribution < -0.4 is 20.5 Å². The molecule has 1 aromatic carbocycles. The van der Waals surface area contributed by atoms with Gasteiger partial charge in [-0.3, -0.25) is 4.79 Å². The summed E-state index contributed by atoms with van der Waals surface area (Å²) < 4.78 is 10.3. The van der Waals surface area contributed by atoms with E-state index in [9.17, 15) is 4.79 Å². The van der Waals surface area contributed by atoms with E-state index in [0.29, 0.717) is 23.5 Å². The summed E-state index contributed by atoms with van der Waals surface area (Å²) in [6.07, 6.45) is 0.916. The van der Waals surface area contributed by atoms with Crippen LogP contribution in [0.2, 0.25) is 0 Å². The normalized spacial score (nSPS) is 12.6. The first-order chi connectivity index (χ1) is 10.0. The third kappa shape index (κ3) is 4.55. The number of carbonyl (C=O) groups excluding carboxylic acids is 1. The molecule has 0 aliphatic heterocycles. The number of methoxy groups -OCH3 is 2. The van der Waals surface area contributed by atoms with Crippen molar-refractivity contribution in [3.8, 4) is 11.5 Å². The van der Waals surface area contributed by atoms with Gasteiger partial charge in [-0.25, -0.2) is 0 Å². The van der Waals surface area contributed by atoms with Crippen molar-refractivity contribution in [2.45, 2.75) is 25.8 Å². The molecule has 0 heterocycles. The number of hydrogen-bond donors (Lipinski definition) is 3. The van der Waals surface area contributed by atoms with Gasteiger partial charge in [0.25, 0.3) is 5.91 Å². The highest BCUT2D eigenvalue weighted by Crippen LogP contribution is 2.24. The number of rotatable bonds is 7. The zero-order chi connectivity index (χ0) is 15.8. The average Bonchev–Trinajstić information content (AvgIpc) is 2.52. The number of ether oxygens (including phenoxy) is 2. The van der Waals surface area contributed by atoms with Crippen molar-refractivity contribution in [1.29, 1.82) is 0 Å². The molecule has 0 saturated carbocycles. The molecular weight excluding hydrogens is 274 g/mol. The van der Waals surface area contributed by atoms with Crippen LogP contribution in [0, 0.1) is 0 Å². The molecule has 0 fully saturated rings. The van der Waals surface area contributed by atoms with Crippen LogP contribution in [0.4, 0.5) is 0 Å². The highest BCUT2D eigenvalue weighted by Gasteiger charge is 2.18. The summed E-state index contributed by atoms with van der Waals surface area (Å²) in [7, 11) is 3.02. The predicted octanol–water partition coefficient (Wildman–Crippen LogP) is 1.35. The first kappa shape index (κ1) is 16.6. The Morgan fingerprint density at radius 2 is 2.14 bits per heavy atom. The number of carbonyl (C=O) groups is 1. The van der Waals surface area contributed by atoms with Gasteiger partial charge in [-0.05, 0) is 24.6 Å². The summed E-state index contributed by atoms with van der Waals surface area (Å²) >= 11 is 0. The molecule has 0 saturated heterocycles. The van der Waals surface area contributed by atoms with Crippen molar-refractivity contribution >= 4 is 11.7 Å². The van der Waals surface area contributed by atoms with Crippen LogP contribution in [0.15, 0.2) is 23.4 Å². The number of amidine groups is 1. The lowest BCUT2D eigenvalue weighted by molar-refractivity contribution is 0.0933. The van der Waals surface area contributed by atoms with Crippen LogP contribution in [0.1, 0.15) is 30.1 Å². The van der Waals surface area contributed by atoms with Gasteiger partial charge < -0.3 is 25.7 Å². The number of nitrogens with two attached hydrogens (primary N) is 1. The van der Waals surface area contributed by atoms with Gasteiger partial charge in [0.15, 0.2) is 0 Å². The fraction of sp³-hybridized carbons (Fsp3) is 0.429. The lowest BCUT2D eigenvalue weighted by atomic mass is 10.1. The van der Waals surface area contributed by atoms with E-state index in [4.69, 9.17) is 20.4 Å². The van der Waals surface area contributed by atoms with Gasteiger partial charge in [0.05, 0.1) is 19.8 Å². The van der Waals surface area contributed by atoms with Crippen LogP contribution in [0.5, 0.6) is 11.5 Å². The molecule has 1 amide bonds. The lowest BCUT2D eigenvalue weighted by Crippen LogP contribution is -2.37. The van der Waals surface area contributed by atoms with Crippen LogP contribution in [-0.4, -0.2) is 37.2 Å². The lowest BCUT2D eigenvalue weighted by Gasteiger charge is -2.17. The molecule has 0 radical (unpaired) electrons. The van der Waals surface area contributed by atoms with Crippen LogP contribution in [0.25, 0.3) is 0 Å². The van der Waals surface area contributed by atoms with E-state index < -0.39 is 0 Å². The van der Waals surface area contributed by atoms with Crippen molar-refractivity contribution < 1.29 is 19.5 Å². The van der Waals surface area contributed by atoms with Gasteiger partial charge in [0, 0.05) is 12.5 Å². The summed E-state index contributed by atoms with van der Waals surface area (Å²) in [4.78, 5) is 12.3. The maximum absolute atomic E-state index is 12.3. The quantitative estimate of drug-likeness (QED) is 0.305. The van der Waals surface area contributed by atoms with Gasteiger partial charge in [-0.2, -0.15) is 0 Å². The Morgan fingerprint density at radius 1 is 1.43 bits per heavy atom. The van der Waals surface area contributed by atoms with E-state index in [0.717, 1.165) is 0 Å². The summed E-state index contributed by atoms with van der Waals surface area (Å²) in [5, 5.41) is 14.3. The van der Waals surface area contributed by atoms with Crippen LogP contribution >= 0.6 is 0 Å². The summed E-state index contributed by atoms with van der Waals surface area (Å²) in [5.74, 6) is 0.778. The van der Waals surface area contributed by atoms with Crippen molar-refractivity contribution in [2.24, 2.45) is 10.9 Å². The first-order valence-corrected chi connectivity index (χ1v) is 6.55. The van der Waals surface area contributed by atoms with Crippen molar-refractivity contribution in [2.75, 3.05) is 14.2 Å². The average molecular weight is 295 g/mol. The van der Waals surface area contributed by atoms with Crippen molar-refractivity contribution in [3.63, 3.8) is 0 Å². The SMILES string of the molecule is CCC(CC(N)=NO)NC(=O)c1cc(OC)ccc1OC. The summed E-state index contributed by atoms with van der Waals surface area (Å²) in [6, 6.07) is 4.75. The Bertz CT molecular complexity index is 517. The minimum Gasteiger partial charge on any atom is -0.497 e. The maximum Gasteiger partial charge on any atom is 0.255 e. The van der Waals surface area contributed by atoms with Crippen LogP contribution in [-0.2, 0) is 0 Å². The van der Waals surface area contributed by atoms with Gasteiger partial charge >= 0.3 is 0 Å². The molecule has 0 aliphatic rings. The maximum atomic E-state index is 12.3.